The predicted molar refractivity (Wildman–Crippen MR) is 64.4 cm³/mol. The van der Waals surface area contributed by atoms with Gasteiger partial charge in [0.05, 0.1) is 6.42 Å². The molecule has 0 bridgehead atoms. The first-order valence-corrected chi connectivity index (χ1v) is 5.90. The van der Waals surface area contributed by atoms with Gasteiger partial charge >= 0.3 is 12.1 Å². The van der Waals surface area contributed by atoms with Crippen LogP contribution in [0.25, 0.3) is 0 Å². The van der Waals surface area contributed by atoms with Crippen molar-refractivity contribution in [2.75, 3.05) is 0 Å². The van der Waals surface area contributed by atoms with Crippen LogP contribution in [0.4, 0.5) is 4.79 Å². The zero-order chi connectivity index (χ0) is 13.0. The number of para-hydroxylation sites is 1. The fraction of sp³-hybridized carbons (Fsp3) is 0.385. The van der Waals surface area contributed by atoms with Crippen LogP contribution in [-0.4, -0.2) is 23.2 Å². The van der Waals surface area contributed by atoms with Gasteiger partial charge in [-0.1, -0.05) is 18.2 Å². The van der Waals surface area contributed by atoms with Crippen LogP contribution in [-0.2, 0) is 4.79 Å². The molecule has 0 saturated heterocycles. The summed E-state index contributed by atoms with van der Waals surface area (Å²) in [5.74, 6) is -0.198. The molecule has 5 heteroatoms. The summed E-state index contributed by atoms with van der Waals surface area (Å²) in [5, 5.41) is 11.4. The van der Waals surface area contributed by atoms with Crippen molar-refractivity contribution in [2.24, 2.45) is 5.92 Å². The van der Waals surface area contributed by atoms with Gasteiger partial charge in [-0.3, -0.25) is 4.79 Å². The van der Waals surface area contributed by atoms with Crippen molar-refractivity contribution in [3.63, 3.8) is 0 Å². The molecule has 0 heterocycles. The van der Waals surface area contributed by atoms with Crippen molar-refractivity contribution >= 4 is 12.1 Å². The van der Waals surface area contributed by atoms with Crippen LogP contribution in [0, 0.1) is 5.92 Å². The molecule has 1 unspecified atom stereocenters. The molecule has 2 N–H and O–H groups in total. The highest BCUT2D eigenvalue weighted by molar-refractivity contribution is 5.73. The van der Waals surface area contributed by atoms with Gasteiger partial charge in [-0.2, -0.15) is 0 Å². The Hall–Kier alpha value is -2.04. The monoisotopic (exact) mass is 249 g/mol. The van der Waals surface area contributed by atoms with E-state index in [1.54, 1.807) is 24.3 Å². The topological polar surface area (TPSA) is 75.6 Å². The molecule has 1 amide bonds. The Bertz CT molecular complexity index is 428. The van der Waals surface area contributed by atoms with Gasteiger partial charge in [-0.15, -0.1) is 0 Å². The Labute approximate surface area is 105 Å². The largest absolute Gasteiger partial charge is 0.481 e. The lowest BCUT2D eigenvalue weighted by Gasteiger charge is -2.15. The summed E-state index contributed by atoms with van der Waals surface area (Å²) in [6.07, 6.45) is 1.26. The maximum atomic E-state index is 11.6. The highest BCUT2D eigenvalue weighted by Gasteiger charge is 2.34. The molecule has 1 saturated carbocycles. The molecule has 1 atom stereocenters. The van der Waals surface area contributed by atoms with Gasteiger partial charge in [0.15, 0.2) is 0 Å². The minimum absolute atomic E-state index is 0.0610. The number of amides is 1. The Morgan fingerprint density at radius 1 is 1.33 bits per heavy atom. The number of aliphatic carboxylic acids is 1. The van der Waals surface area contributed by atoms with Crippen LogP contribution in [0.1, 0.15) is 19.3 Å². The van der Waals surface area contributed by atoms with Crippen molar-refractivity contribution < 1.29 is 19.4 Å². The number of hydrogen-bond acceptors (Lipinski definition) is 3. The van der Waals surface area contributed by atoms with Crippen LogP contribution in [0.3, 0.4) is 0 Å². The van der Waals surface area contributed by atoms with Crippen LogP contribution >= 0.6 is 0 Å². The first-order valence-electron chi connectivity index (χ1n) is 5.90. The highest BCUT2D eigenvalue weighted by atomic mass is 16.6. The zero-order valence-corrected chi connectivity index (χ0v) is 9.83. The minimum Gasteiger partial charge on any atom is -0.481 e. The van der Waals surface area contributed by atoms with E-state index in [4.69, 9.17) is 9.84 Å². The van der Waals surface area contributed by atoms with E-state index in [0.29, 0.717) is 5.75 Å². The predicted octanol–water partition coefficient (Wildman–Crippen LogP) is 2.03. The summed E-state index contributed by atoms with van der Waals surface area (Å²) in [4.78, 5) is 22.3. The minimum atomic E-state index is -0.910. The molecule has 0 aliphatic heterocycles. The number of carboxylic acids is 1. The summed E-state index contributed by atoms with van der Waals surface area (Å²) in [7, 11) is 0. The molecule has 18 heavy (non-hydrogen) atoms. The average molecular weight is 249 g/mol. The third kappa shape index (κ3) is 3.76. The lowest BCUT2D eigenvalue weighted by atomic mass is 10.1. The molecule has 1 fully saturated rings. The molecular weight excluding hydrogens is 234 g/mol. The van der Waals surface area contributed by atoms with E-state index >= 15 is 0 Å². The zero-order valence-electron chi connectivity index (χ0n) is 9.83. The highest BCUT2D eigenvalue weighted by Crippen LogP contribution is 2.34. The Kier molecular flexibility index (Phi) is 3.82. The lowest BCUT2D eigenvalue weighted by molar-refractivity contribution is -0.137. The van der Waals surface area contributed by atoms with E-state index in [-0.39, 0.29) is 18.4 Å². The first-order chi connectivity index (χ1) is 8.65. The lowest BCUT2D eigenvalue weighted by Crippen LogP contribution is -2.39. The third-order valence-electron chi connectivity index (χ3n) is 2.84. The van der Waals surface area contributed by atoms with Crippen molar-refractivity contribution in [1.29, 1.82) is 0 Å². The molecule has 2 rings (SSSR count). The normalized spacial score (nSPS) is 15.8. The van der Waals surface area contributed by atoms with Gasteiger partial charge in [-0.25, -0.2) is 4.79 Å². The standard InChI is InChI=1S/C13H15NO4/c15-12(16)8-11(9-6-7-9)14-13(17)18-10-4-2-1-3-5-10/h1-5,9,11H,6-8H2,(H,14,17)(H,15,16). The van der Waals surface area contributed by atoms with Gasteiger partial charge in [0.2, 0.25) is 0 Å². The second-order valence-corrected chi connectivity index (χ2v) is 4.39. The molecule has 0 spiro atoms. The molecule has 1 aliphatic carbocycles. The van der Waals surface area contributed by atoms with E-state index in [1.165, 1.54) is 0 Å². The number of carbonyl (C=O) groups excluding carboxylic acids is 1. The van der Waals surface area contributed by atoms with Gasteiger partial charge in [0, 0.05) is 6.04 Å². The quantitative estimate of drug-likeness (QED) is 0.837. The fourth-order valence-corrected chi connectivity index (χ4v) is 1.80. The second-order valence-electron chi connectivity index (χ2n) is 4.39. The molecule has 0 aromatic heterocycles. The molecule has 1 aromatic rings. The molecule has 0 radical (unpaired) electrons. The van der Waals surface area contributed by atoms with E-state index in [9.17, 15) is 9.59 Å². The van der Waals surface area contributed by atoms with Crippen LogP contribution in [0.2, 0.25) is 0 Å². The second kappa shape index (κ2) is 5.53. The van der Waals surface area contributed by atoms with E-state index < -0.39 is 12.1 Å². The smallest absolute Gasteiger partial charge is 0.412 e. The first kappa shape index (κ1) is 12.4. The fourth-order valence-electron chi connectivity index (χ4n) is 1.80. The molecular formula is C13H15NO4. The summed E-state index contributed by atoms with van der Waals surface area (Å²) < 4.78 is 5.06. The van der Waals surface area contributed by atoms with E-state index in [0.717, 1.165) is 12.8 Å². The third-order valence-corrected chi connectivity index (χ3v) is 2.84. The SMILES string of the molecule is O=C(O)CC(NC(=O)Oc1ccccc1)C1CC1. The molecule has 1 aromatic carbocycles. The number of carbonyl (C=O) groups is 2. The molecule has 5 nitrogen and oxygen atoms in total. The Balaban J connectivity index is 1.87. The summed E-state index contributed by atoms with van der Waals surface area (Å²) >= 11 is 0. The maximum Gasteiger partial charge on any atom is 0.412 e. The van der Waals surface area contributed by atoms with Gasteiger partial charge in [-0.05, 0) is 30.9 Å². The van der Waals surface area contributed by atoms with Crippen LogP contribution in [0.5, 0.6) is 5.75 Å². The number of rotatable bonds is 5. The average Bonchev–Trinajstić information content (AvgIpc) is 3.12. The van der Waals surface area contributed by atoms with Crippen LogP contribution < -0.4 is 10.1 Å². The van der Waals surface area contributed by atoms with Crippen molar-refractivity contribution in [1.82, 2.24) is 5.32 Å². The van der Waals surface area contributed by atoms with Gasteiger partial charge in [0.25, 0.3) is 0 Å². The molecule has 96 valence electrons. The number of benzene rings is 1. The van der Waals surface area contributed by atoms with Crippen molar-refractivity contribution in [2.45, 2.75) is 25.3 Å². The summed E-state index contributed by atoms with van der Waals surface area (Å²) in [6.45, 7) is 0. The van der Waals surface area contributed by atoms with E-state index in [1.807, 2.05) is 6.07 Å². The molecule has 1 aliphatic rings. The van der Waals surface area contributed by atoms with Gasteiger partial charge in [0.1, 0.15) is 5.75 Å². The summed E-state index contributed by atoms with van der Waals surface area (Å²) in [5.41, 5.74) is 0. The number of carboxylic acid groups (broad SMARTS) is 1. The number of ether oxygens (including phenoxy) is 1. The van der Waals surface area contributed by atoms with Crippen LogP contribution in [0.15, 0.2) is 30.3 Å². The van der Waals surface area contributed by atoms with Crippen molar-refractivity contribution in [3.8, 4) is 5.75 Å². The maximum absolute atomic E-state index is 11.6. The van der Waals surface area contributed by atoms with Crippen molar-refractivity contribution in [3.05, 3.63) is 30.3 Å². The number of hydrogen-bond donors (Lipinski definition) is 2. The van der Waals surface area contributed by atoms with E-state index in [2.05, 4.69) is 5.32 Å². The summed E-state index contributed by atoms with van der Waals surface area (Å²) in [6, 6.07) is 8.35. The van der Waals surface area contributed by atoms with Gasteiger partial charge < -0.3 is 15.2 Å². The number of nitrogens with one attached hydrogen (secondary N) is 1. The Morgan fingerprint density at radius 2 is 2.00 bits per heavy atom. The Morgan fingerprint density at radius 3 is 2.56 bits per heavy atom.